The summed E-state index contributed by atoms with van der Waals surface area (Å²) in [5, 5.41) is 18.5. The van der Waals surface area contributed by atoms with E-state index in [4.69, 9.17) is 10.2 Å². The first kappa shape index (κ1) is 18.3. The molecule has 0 saturated carbocycles. The van der Waals surface area contributed by atoms with Crippen molar-refractivity contribution < 1.29 is 9.52 Å². The molecular weight excluding hydrogens is 402 g/mol. The smallest absolute Gasteiger partial charge is 0.134 e. The number of aromatic nitrogens is 4. The summed E-state index contributed by atoms with van der Waals surface area (Å²) >= 11 is 0. The Kier molecular flexibility index (Phi) is 4.01. The van der Waals surface area contributed by atoms with Crippen LogP contribution in [-0.2, 0) is 6.42 Å². The van der Waals surface area contributed by atoms with Gasteiger partial charge in [0.1, 0.15) is 11.4 Å². The lowest BCUT2D eigenvalue weighted by Gasteiger charge is -2.03. The van der Waals surface area contributed by atoms with Crippen LogP contribution >= 0.6 is 0 Å². The maximum atomic E-state index is 9.81. The lowest BCUT2D eigenvalue weighted by molar-refractivity contribution is 0.473. The van der Waals surface area contributed by atoms with Crippen molar-refractivity contribution >= 4 is 16.5 Å². The van der Waals surface area contributed by atoms with Gasteiger partial charge in [-0.1, -0.05) is 12.1 Å². The number of aromatic amines is 2. The van der Waals surface area contributed by atoms with Crippen molar-refractivity contribution in [2.24, 2.45) is 5.73 Å². The third-order valence-electron chi connectivity index (χ3n) is 5.74. The van der Waals surface area contributed by atoms with Gasteiger partial charge in [-0.3, -0.25) is 10.1 Å². The molecular formula is C25H19N5O2. The summed E-state index contributed by atoms with van der Waals surface area (Å²) in [6.45, 7) is 0. The first-order valence-electron chi connectivity index (χ1n) is 10.2. The fourth-order valence-electron chi connectivity index (χ4n) is 4.20. The Bertz CT molecular complexity index is 1520. The molecule has 7 heteroatoms. The second kappa shape index (κ2) is 7.02. The Morgan fingerprint density at radius 2 is 1.94 bits per heavy atom. The van der Waals surface area contributed by atoms with Gasteiger partial charge in [-0.2, -0.15) is 5.10 Å². The molecule has 4 aromatic heterocycles. The van der Waals surface area contributed by atoms with Crippen molar-refractivity contribution in [3.63, 3.8) is 0 Å². The number of hydrogen-bond acceptors (Lipinski definition) is 5. The van der Waals surface area contributed by atoms with Crippen LogP contribution in [0.25, 0.3) is 39.0 Å². The van der Waals surface area contributed by atoms with Crippen molar-refractivity contribution in [1.82, 2.24) is 20.2 Å². The third kappa shape index (κ3) is 2.99. The van der Waals surface area contributed by atoms with E-state index in [1.807, 2.05) is 30.4 Å². The van der Waals surface area contributed by atoms with Crippen LogP contribution in [0, 0.1) is 0 Å². The van der Waals surface area contributed by atoms with Gasteiger partial charge in [0, 0.05) is 46.1 Å². The molecule has 156 valence electrons. The number of nitrogens with one attached hydrogen (secondary N) is 2. The van der Waals surface area contributed by atoms with Crippen LogP contribution in [0.1, 0.15) is 16.8 Å². The maximum absolute atomic E-state index is 9.81. The Balaban J connectivity index is 1.49. The normalized spacial score (nSPS) is 13.5. The summed E-state index contributed by atoms with van der Waals surface area (Å²) in [6, 6.07) is 11.8. The molecule has 1 aromatic carbocycles. The van der Waals surface area contributed by atoms with Crippen LogP contribution in [-0.4, -0.2) is 25.3 Å². The second-order valence-electron chi connectivity index (χ2n) is 7.85. The number of hydrogen-bond donors (Lipinski definition) is 4. The molecule has 0 atom stereocenters. The summed E-state index contributed by atoms with van der Waals surface area (Å²) in [7, 11) is 0. The van der Waals surface area contributed by atoms with E-state index in [9.17, 15) is 5.11 Å². The number of nitrogens with zero attached hydrogens (tertiary/aromatic N) is 2. The molecule has 0 bridgehead atoms. The molecule has 0 radical (unpaired) electrons. The van der Waals surface area contributed by atoms with E-state index in [1.54, 1.807) is 24.8 Å². The third-order valence-corrected chi connectivity index (χ3v) is 5.74. The van der Waals surface area contributed by atoms with Crippen LogP contribution in [0.5, 0.6) is 5.75 Å². The molecule has 0 unspecified atom stereocenters. The molecule has 0 saturated heterocycles. The maximum Gasteiger partial charge on any atom is 0.134 e. The highest BCUT2D eigenvalue weighted by Gasteiger charge is 2.20. The molecule has 0 aliphatic heterocycles. The van der Waals surface area contributed by atoms with Crippen molar-refractivity contribution in [2.75, 3.05) is 0 Å². The van der Waals surface area contributed by atoms with Crippen molar-refractivity contribution in [1.29, 1.82) is 0 Å². The van der Waals surface area contributed by atoms with Gasteiger partial charge in [-0.05, 0) is 47.5 Å². The number of aromatic hydroxyl groups is 1. The van der Waals surface area contributed by atoms with Gasteiger partial charge < -0.3 is 20.2 Å². The summed E-state index contributed by atoms with van der Waals surface area (Å²) in [6.07, 6.45) is 11.1. The lowest BCUT2D eigenvalue weighted by Crippen LogP contribution is -2.01. The summed E-state index contributed by atoms with van der Waals surface area (Å²) in [5.74, 6) is 0.132. The summed E-state index contributed by atoms with van der Waals surface area (Å²) in [4.78, 5) is 7.62. The second-order valence-corrected chi connectivity index (χ2v) is 7.85. The number of furan rings is 1. The number of fused-ring (bicyclic) bond motifs is 2. The molecule has 7 nitrogen and oxygen atoms in total. The number of rotatable bonds is 3. The quantitative estimate of drug-likeness (QED) is 0.335. The monoisotopic (exact) mass is 421 g/mol. The van der Waals surface area contributed by atoms with Crippen LogP contribution in [0.2, 0.25) is 0 Å². The van der Waals surface area contributed by atoms with Gasteiger partial charge in [-0.25, -0.2) is 0 Å². The molecule has 32 heavy (non-hydrogen) atoms. The van der Waals surface area contributed by atoms with Crippen molar-refractivity contribution in [2.45, 2.75) is 6.42 Å². The zero-order valence-corrected chi connectivity index (χ0v) is 17.0. The predicted octanol–water partition coefficient (Wildman–Crippen LogP) is 4.75. The van der Waals surface area contributed by atoms with Crippen molar-refractivity contribution in [3.05, 3.63) is 96.0 Å². The van der Waals surface area contributed by atoms with Crippen molar-refractivity contribution in [3.8, 4) is 28.3 Å². The average molecular weight is 421 g/mol. The molecule has 6 rings (SSSR count). The van der Waals surface area contributed by atoms with Gasteiger partial charge in [0.05, 0.1) is 29.9 Å². The Labute approximate surface area is 182 Å². The Morgan fingerprint density at radius 1 is 1.00 bits per heavy atom. The van der Waals surface area contributed by atoms with E-state index >= 15 is 0 Å². The first-order valence-corrected chi connectivity index (χ1v) is 10.2. The van der Waals surface area contributed by atoms with Crippen LogP contribution in [0.4, 0.5) is 0 Å². The van der Waals surface area contributed by atoms with Gasteiger partial charge in [-0.15, -0.1) is 0 Å². The largest absolute Gasteiger partial charge is 0.506 e. The van der Waals surface area contributed by atoms with E-state index in [2.05, 4.69) is 32.3 Å². The topological polar surface area (TPSA) is 117 Å². The molecule has 1 aliphatic carbocycles. The Morgan fingerprint density at radius 3 is 2.78 bits per heavy atom. The molecule has 5 N–H and O–H groups in total. The molecule has 0 spiro atoms. The highest BCUT2D eigenvalue weighted by Crippen LogP contribution is 2.36. The Hall–Kier alpha value is -4.52. The zero-order chi connectivity index (χ0) is 21.7. The van der Waals surface area contributed by atoms with E-state index in [1.165, 1.54) is 6.20 Å². The minimum absolute atomic E-state index is 0.132. The highest BCUT2D eigenvalue weighted by atomic mass is 16.3. The molecule has 1 aliphatic rings. The minimum Gasteiger partial charge on any atom is -0.506 e. The van der Waals surface area contributed by atoms with E-state index < -0.39 is 0 Å². The summed E-state index contributed by atoms with van der Waals surface area (Å²) < 4.78 is 5.31. The van der Waals surface area contributed by atoms with E-state index in [0.717, 1.165) is 61.5 Å². The number of benzene rings is 1. The number of pyridine rings is 1. The number of H-pyrrole nitrogens is 2. The predicted molar refractivity (Wildman–Crippen MR) is 123 cm³/mol. The highest BCUT2D eigenvalue weighted by molar-refractivity contribution is 5.96. The van der Waals surface area contributed by atoms with Crippen LogP contribution in [0.15, 0.2) is 83.6 Å². The number of allylic oxidation sites excluding steroid dienone is 3. The average Bonchev–Trinajstić information content (AvgIpc) is 3.53. The summed E-state index contributed by atoms with van der Waals surface area (Å²) in [5.41, 5.74) is 15.6. The molecule has 0 amide bonds. The van der Waals surface area contributed by atoms with E-state index in [0.29, 0.717) is 6.42 Å². The number of nitrogens with two attached hydrogens (primary N) is 1. The molecule has 4 heterocycles. The van der Waals surface area contributed by atoms with Gasteiger partial charge in [0.15, 0.2) is 0 Å². The van der Waals surface area contributed by atoms with Gasteiger partial charge in [0.2, 0.25) is 0 Å². The molecule has 0 fully saturated rings. The minimum atomic E-state index is 0.132. The molecule has 5 aromatic rings. The zero-order valence-electron chi connectivity index (χ0n) is 17.0. The fraction of sp³-hybridized carbons (Fsp3) is 0.0400. The SMILES string of the molecule is NC1=CC=C(c2ccoc2)c2cc(-c3n[nH]c4ccc(-c5cncc(O)c5)cc34)[nH]c2C1. The van der Waals surface area contributed by atoms with Crippen LogP contribution in [0.3, 0.4) is 0 Å². The van der Waals surface area contributed by atoms with Gasteiger partial charge in [0.25, 0.3) is 0 Å². The van der Waals surface area contributed by atoms with Gasteiger partial charge >= 0.3 is 0 Å². The van der Waals surface area contributed by atoms with Crippen LogP contribution < -0.4 is 5.73 Å². The fourth-order valence-corrected chi connectivity index (χ4v) is 4.20. The first-order chi connectivity index (χ1) is 15.7. The van der Waals surface area contributed by atoms with E-state index in [-0.39, 0.29) is 5.75 Å². The standard InChI is InChI=1S/C25H19N5O2/c26-17-2-3-19(15-5-6-32-13-15)20-10-24(28-23(20)9-17)25-21-8-14(1-4-22(21)29-30-25)16-7-18(31)12-27-11-16/h1-8,10-13,28,31H,9,26H2,(H,29,30). The lowest BCUT2D eigenvalue weighted by atomic mass is 9.99.